The molecule has 6 nitrogen and oxygen atoms in total. The Hall–Kier alpha value is -3.02. The molecule has 0 saturated carbocycles. The van der Waals surface area contributed by atoms with Crippen LogP contribution in [0, 0.1) is 5.41 Å². The van der Waals surface area contributed by atoms with Gasteiger partial charge in [-0.2, -0.15) is 0 Å². The van der Waals surface area contributed by atoms with E-state index in [1.54, 1.807) is 40.2 Å². The van der Waals surface area contributed by atoms with E-state index in [1.807, 2.05) is 36.4 Å². The lowest BCUT2D eigenvalue weighted by atomic mass is 9.91. The number of amides is 2. The molecule has 0 spiro atoms. The molecule has 0 saturated heterocycles. The van der Waals surface area contributed by atoms with Crippen LogP contribution in [-0.2, 0) is 22.7 Å². The third kappa shape index (κ3) is 5.23. The van der Waals surface area contributed by atoms with E-state index in [1.165, 1.54) is 0 Å². The zero-order valence-electron chi connectivity index (χ0n) is 16.2. The van der Waals surface area contributed by atoms with Gasteiger partial charge in [0.15, 0.2) is 11.5 Å². The second-order valence-electron chi connectivity index (χ2n) is 6.67. The summed E-state index contributed by atoms with van der Waals surface area (Å²) in [7, 11) is 3.12. The van der Waals surface area contributed by atoms with Crippen molar-refractivity contribution in [2.75, 3.05) is 14.2 Å². The SMILES string of the molecule is COc1ccc(CNC(=O)C(C)(C)C(=O)NCc2ccccc2)cc1OC. The van der Waals surface area contributed by atoms with E-state index in [0.717, 1.165) is 11.1 Å². The Balaban J connectivity index is 1.94. The molecular weight excluding hydrogens is 344 g/mol. The molecule has 0 fully saturated rings. The highest BCUT2D eigenvalue weighted by atomic mass is 16.5. The van der Waals surface area contributed by atoms with Crippen LogP contribution in [-0.4, -0.2) is 26.0 Å². The quantitative estimate of drug-likeness (QED) is 0.701. The van der Waals surface area contributed by atoms with Crippen molar-refractivity contribution >= 4 is 11.8 Å². The van der Waals surface area contributed by atoms with E-state index in [-0.39, 0.29) is 18.4 Å². The Labute approximate surface area is 159 Å². The van der Waals surface area contributed by atoms with Gasteiger partial charge in [-0.3, -0.25) is 9.59 Å². The molecule has 0 bridgehead atoms. The van der Waals surface area contributed by atoms with Crippen LogP contribution in [0.25, 0.3) is 0 Å². The molecule has 0 atom stereocenters. The first-order valence-electron chi connectivity index (χ1n) is 8.70. The topological polar surface area (TPSA) is 76.7 Å². The van der Waals surface area contributed by atoms with Crippen molar-refractivity contribution in [1.82, 2.24) is 10.6 Å². The van der Waals surface area contributed by atoms with Gasteiger partial charge in [-0.15, -0.1) is 0 Å². The highest BCUT2D eigenvalue weighted by Crippen LogP contribution is 2.27. The van der Waals surface area contributed by atoms with Gasteiger partial charge < -0.3 is 20.1 Å². The Kier molecular flexibility index (Phi) is 6.82. The van der Waals surface area contributed by atoms with Gasteiger partial charge in [-0.05, 0) is 37.1 Å². The predicted molar refractivity (Wildman–Crippen MR) is 103 cm³/mol. The molecule has 0 aromatic heterocycles. The Bertz CT molecular complexity index is 788. The number of carbonyl (C=O) groups excluding carboxylic acids is 2. The van der Waals surface area contributed by atoms with Crippen LogP contribution >= 0.6 is 0 Å². The molecule has 2 amide bonds. The van der Waals surface area contributed by atoms with E-state index in [4.69, 9.17) is 9.47 Å². The molecule has 27 heavy (non-hydrogen) atoms. The molecule has 0 unspecified atom stereocenters. The van der Waals surface area contributed by atoms with Crippen molar-refractivity contribution in [3.8, 4) is 11.5 Å². The maximum atomic E-state index is 12.5. The van der Waals surface area contributed by atoms with Gasteiger partial charge in [0.2, 0.25) is 11.8 Å². The molecule has 0 aliphatic rings. The third-order valence-corrected chi connectivity index (χ3v) is 4.33. The van der Waals surface area contributed by atoms with Crippen LogP contribution in [0.15, 0.2) is 48.5 Å². The first-order chi connectivity index (χ1) is 12.9. The first kappa shape index (κ1) is 20.3. The average Bonchev–Trinajstić information content (AvgIpc) is 2.70. The van der Waals surface area contributed by atoms with Gasteiger partial charge in [0.1, 0.15) is 5.41 Å². The van der Waals surface area contributed by atoms with Crippen molar-refractivity contribution in [1.29, 1.82) is 0 Å². The summed E-state index contributed by atoms with van der Waals surface area (Å²) >= 11 is 0. The fraction of sp³-hybridized carbons (Fsp3) is 0.333. The summed E-state index contributed by atoms with van der Waals surface area (Å²) in [5, 5.41) is 5.63. The van der Waals surface area contributed by atoms with Crippen LogP contribution in [0.2, 0.25) is 0 Å². The summed E-state index contributed by atoms with van der Waals surface area (Å²) < 4.78 is 10.5. The van der Waals surface area contributed by atoms with Gasteiger partial charge >= 0.3 is 0 Å². The zero-order valence-corrected chi connectivity index (χ0v) is 16.2. The summed E-state index contributed by atoms with van der Waals surface area (Å²) in [4.78, 5) is 25.0. The molecule has 2 N–H and O–H groups in total. The number of carbonyl (C=O) groups is 2. The fourth-order valence-corrected chi connectivity index (χ4v) is 2.50. The molecule has 2 rings (SSSR count). The zero-order chi connectivity index (χ0) is 19.9. The number of nitrogens with one attached hydrogen (secondary N) is 2. The lowest BCUT2D eigenvalue weighted by molar-refractivity contribution is -0.141. The lowest BCUT2D eigenvalue weighted by Crippen LogP contribution is -2.47. The molecule has 0 heterocycles. The number of methoxy groups -OCH3 is 2. The van der Waals surface area contributed by atoms with Gasteiger partial charge in [0.05, 0.1) is 14.2 Å². The monoisotopic (exact) mass is 370 g/mol. The van der Waals surface area contributed by atoms with Crippen LogP contribution in [0.5, 0.6) is 11.5 Å². The molecule has 2 aromatic rings. The van der Waals surface area contributed by atoms with E-state index < -0.39 is 5.41 Å². The number of benzene rings is 2. The maximum absolute atomic E-state index is 12.5. The molecule has 144 valence electrons. The highest BCUT2D eigenvalue weighted by molar-refractivity contribution is 6.04. The van der Waals surface area contributed by atoms with E-state index >= 15 is 0 Å². The molecule has 0 radical (unpaired) electrons. The molecule has 6 heteroatoms. The van der Waals surface area contributed by atoms with Crippen LogP contribution in [0.3, 0.4) is 0 Å². The summed E-state index contributed by atoms with van der Waals surface area (Å²) in [6.07, 6.45) is 0. The second kappa shape index (κ2) is 9.07. The fourth-order valence-electron chi connectivity index (χ4n) is 2.50. The van der Waals surface area contributed by atoms with Crippen LogP contribution < -0.4 is 20.1 Å². The predicted octanol–water partition coefficient (Wildman–Crippen LogP) is 2.66. The Morgan fingerprint density at radius 2 is 1.37 bits per heavy atom. The van der Waals surface area contributed by atoms with Gasteiger partial charge in [-0.1, -0.05) is 36.4 Å². The van der Waals surface area contributed by atoms with Gasteiger partial charge in [-0.25, -0.2) is 0 Å². The van der Waals surface area contributed by atoms with Crippen molar-refractivity contribution in [2.24, 2.45) is 5.41 Å². The largest absolute Gasteiger partial charge is 0.493 e. The minimum Gasteiger partial charge on any atom is -0.493 e. The Morgan fingerprint density at radius 3 is 1.93 bits per heavy atom. The van der Waals surface area contributed by atoms with Crippen molar-refractivity contribution in [2.45, 2.75) is 26.9 Å². The molecule has 2 aromatic carbocycles. The molecule has 0 aliphatic carbocycles. The number of hydrogen-bond donors (Lipinski definition) is 2. The van der Waals surface area contributed by atoms with Gasteiger partial charge in [0.25, 0.3) is 0 Å². The Morgan fingerprint density at radius 1 is 0.815 bits per heavy atom. The minimum atomic E-state index is -1.19. The van der Waals surface area contributed by atoms with Crippen molar-refractivity contribution in [3.05, 3.63) is 59.7 Å². The number of ether oxygens (including phenoxy) is 2. The number of rotatable bonds is 8. The van der Waals surface area contributed by atoms with E-state index in [0.29, 0.717) is 18.0 Å². The van der Waals surface area contributed by atoms with Crippen LogP contribution in [0.1, 0.15) is 25.0 Å². The lowest BCUT2D eigenvalue weighted by Gasteiger charge is -2.23. The normalized spacial score (nSPS) is 10.8. The number of hydrogen-bond acceptors (Lipinski definition) is 4. The first-order valence-corrected chi connectivity index (χ1v) is 8.70. The molecular formula is C21H26N2O4. The van der Waals surface area contributed by atoms with E-state index in [2.05, 4.69) is 10.6 Å². The van der Waals surface area contributed by atoms with Crippen molar-refractivity contribution < 1.29 is 19.1 Å². The van der Waals surface area contributed by atoms with Crippen LogP contribution in [0.4, 0.5) is 0 Å². The summed E-state index contributed by atoms with van der Waals surface area (Å²) in [5.74, 6) is 0.538. The van der Waals surface area contributed by atoms with Crippen molar-refractivity contribution in [3.63, 3.8) is 0 Å². The molecule has 0 aliphatic heterocycles. The highest BCUT2D eigenvalue weighted by Gasteiger charge is 2.35. The standard InChI is InChI=1S/C21H26N2O4/c1-21(2,19(24)22-13-15-8-6-5-7-9-15)20(25)23-14-16-10-11-17(26-3)18(12-16)27-4/h5-12H,13-14H2,1-4H3,(H,22,24)(H,23,25). The second-order valence-corrected chi connectivity index (χ2v) is 6.67. The smallest absolute Gasteiger partial charge is 0.235 e. The van der Waals surface area contributed by atoms with Gasteiger partial charge in [0, 0.05) is 13.1 Å². The summed E-state index contributed by atoms with van der Waals surface area (Å²) in [5.41, 5.74) is 0.639. The maximum Gasteiger partial charge on any atom is 0.235 e. The summed E-state index contributed by atoms with van der Waals surface area (Å²) in [6, 6.07) is 15.0. The average molecular weight is 370 g/mol. The minimum absolute atomic E-state index is 0.286. The summed E-state index contributed by atoms with van der Waals surface area (Å²) in [6.45, 7) is 3.88. The van der Waals surface area contributed by atoms with E-state index in [9.17, 15) is 9.59 Å². The third-order valence-electron chi connectivity index (χ3n) is 4.33.